The highest BCUT2D eigenvalue weighted by atomic mass is 19.4. The second-order valence-electron chi connectivity index (χ2n) is 3.99. The van der Waals surface area contributed by atoms with Crippen LogP contribution in [0.4, 0.5) is 13.2 Å². The smallest absolute Gasteiger partial charge is 0.414 e. The van der Waals surface area contributed by atoms with Crippen LogP contribution in [-0.4, -0.2) is 25.3 Å². The molecule has 106 valence electrons. The molecule has 0 heterocycles. The monoisotopic (exact) mass is 277 g/mol. The lowest BCUT2D eigenvalue weighted by molar-refractivity contribution is -0.192. The van der Waals surface area contributed by atoms with Crippen molar-refractivity contribution in [1.82, 2.24) is 5.48 Å². The van der Waals surface area contributed by atoms with E-state index in [0.717, 1.165) is 11.1 Å². The first-order valence-electron chi connectivity index (χ1n) is 5.45. The summed E-state index contributed by atoms with van der Waals surface area (Å²) in [4.78, 5) is 15.1. The molecule has 1 N–H and O–H groups in total. The van der Waals surface area contributed by atoms with E-state index in [-0.39, 0.29) is 0 Å². The van der Waals surface area contributed by atoms with Crippen molar-refractivity contribution >= 4 is 5.91 Å². The fraction of sp³-hybridized carbons (Fsp3) is 0.417. The van der Waals surface area contributed by atoms with Gasteiger partial charge in [-0.3, -0.25) is 9.63 Å². The minimum Gasteiger partial charge on any atom is -0.483 e. The Hall–Kier alpha value is -1.76. The van der Waals surface area contributed by atoms with Crippen LogP contribution in [0.5, 0.6) is 5.75 Å². The molecule has 1 rings (SSSR count). The molecule has 0 aliphatic carbocycles. The molecule has 1 amide bonds. The molecule has 0 unspecified atom stereocenters. The van der Waals surface area contributed by atoms with Gasteiger partial charge in [-0.2, -0.15) is 13.2 Å². The second-order valence-corrected chi connectivity index (χ2v) is 3.99. The number of hydrogen-bond donors (Lipinski definition) is 1. The van der Waals surface area contributed by atoms with Gasteiger partial charge in [0, 0.05) is 0 Å². The topological polar surface area (TPSA) is 47.6 Å². The van der Waals surface area contributed by atoms with Gasteiger partial charge in [0.1, 0.15) is 5.75 Å². The summed E-state index contributed by atoms with van der Waals surface area (Å²) in [5.74, 6) is -0.291. The van der Waals surface area contributed by atoms with E-state index in [0.29, 0.717) is 5.75 Å². The Labute approximate surface area is 108 Å². The molecule has 0 radical (unpaired) electrons. The lowest BCUT2D eigenvalue weighted by atomic mass is 10.1. The normalized spacial score (nSPS) is 11.2. The lowest BCUT2D eigenvalue weighted by Gasteiger charge is -2.11. The number of benzene rings is 1. The highest BCUT2D eigenvalue weighted by Crippen LogP contribution is 2.18. The summed E-state index contributed by atoms with van der Waals surface area (Å²) in [5, 5.41) is 0. The number of amides is 1. The molecular formula is C12H14F3NO3. The highest BCUT2D eigenvalue weighted by Gasteiger charge is 2.28. The van der Waals surface area contributed by atoms with Crippen molar-refractivity contribution in [3.05, 3.63) is 29.3 Å². The molecule has 0 atom stereocenters. The van der Waals surface area contributed by atoms with E-state index in [1.54, 1.807) is 24.5 Å². The van der Waals surface area contributed by atoms with E-state index >= 15 is 0 Å². The maximum absolute atomic E-state index is 11.7. The van der Waals surface area contributed by atoms with Crippen molar-refractivity contribution in [2.75, 3.05) is 13.2 Å². The van der Waals surface area contributed by atoms with Crippen molar-refractivity contribution in [3.63, 3.8) is 0 Å². The van der Waals surface area contributed by atoms with Crippen molar-refractivity contribution < 1.29 is 27.5 Å². The first kappa shape index (κ1) is 15.3. The first-order chi connectivity index (χ1) is 8.78. The van der Waals surface area contributed by atoms with E-state index in [9.17, 15) is 18.0 Å². The number of hydrogen-bond acceptors (Lipinski definition) is 3. The quantitative estimate of drug-likeness (QED) is 0.840. The minimum absolute atomic E-state index is 0.415. The average molecular weight is 277 g/mol. The Morgan fingerprint density at radius 2 is 2.00 bits per heavy atom. The molecule has 0 aromatic heterocycles. The summed E-state index contributed by atoms with van der Waals surface area (Å²) < 4.78 is 40.4. The molecule has 0 spiro atoms. The van der Waals surface area contributed by atoms with E-state index in [4.69, 9.17) is 4.74 Å². The Morgan fingerprint density at radius 3 is 2.58 bits per heavy atom. The molecule has 1 aromatic carbocycles. The number of carbonyl (C=O) groups excluding carboxylic acids is 1. The largest absolute Gasteiger partial charge is 0.483 e. The maximum Gasteiger partial charge on any atom is 0.414 e. The van der Waals surface area contributed by atoms with Crippen LogP contribution in [0.15, 0.2) is 18.2 Å². The number of nitrogens with one attached hydrogen (secondary N) is 1. The number of aryl methyl sites for hydroxylation is 2. The van der Waals surface area contributed by atoms with Crippen LogP contribution in [0.3, 0.4) is 0 Å². The second kappa shape index (κ2) is 6.42. The fourth-order valence-corrected chi connectivity index (χ4v) is 1.33. The van der Waals surface area contributed by atoms with Crippen LogP contribution in [0.2, 0.25) is 0 Å². The summed E-state index contributed by atoms with van der Waals surface area (Å²) in [7, 11) is 0. The Kier molecular flexibility index (Phi) is 5.17. The van der Waals surface area contributed by atoms with Crippen LogP contribution in [-0.2, 0) is 9.63 Å². The van der Waals surface area contributed by atoms with E-state index < -0.39 is 25.3 Å². The van der Waals surface area contributed by atoms with Crippen molar-refractivity contribution in [2.24, 2.45) is 0 Å². The van der Waals surface area contributed by atoms with Crippen molar-refractivity contribution in [2.45, 2.75) is 20.0 Å². The van der Waals surface area contributed by atoms with Gasteiger partial charge in [0.15, 0.2) is 13.2 Å². The van der Waals surface area contributed by atoms with Crippen molar-refractivity contribution in [3.8, 4) is 5.75 Å². The number of ether oxygens (including phenoxy) is 1. The molecule has 7 heteroatoms. The van der Waals surface area contributed by atoms with Gasteiger partial charge in [0.2, 0.25) is 0 Å². The van der Waals surface area contributed by atoms with Crippen LogP contribution in [0, 0.1) is 13.8 Å². The van der Waals surface area contributed by atoms with E-state index in [2.05, 4.69) is 4.84 Å². The zero-order valence-corrected chi connectivity index (χ0v) is 10.5. The number of rotatable bonds is 5. The van der Waals surface area contributed by atoms with Crippen LogP contribution < -0.4 is 10.2 Å². The zero-order chi connectivity index (χ0) is 14.5. The minimum atomic E-state index is -4.48. The predicted molar refractivity (Wildman–Crippen MR) is 61.6 cm³/mol. The predicted octanol–water partition coefficient (Wildman–Crippen LogP) is 2.29. The molecule has 0 bridgehead atoms. The van der Waals surface area contributed by atoms with Gasteiger partial charge in [0.05, 0.1) is 0 Å². The first-order valence-corrected chi connectivity index (χ1v) is 5.45. The van der Waals surface area contributed by atoms with Crippen LogP contribution >= 0.6 is 0 Å². The molecular weight excluding hydrogens is 263 g/mol. The Morgan fingerprint density at radius 1 is 1.32 bits per heavy atom. The summed E-state index contributed by atoms with van der Waals surface area (Å²) >= 11 is 0. The number of hydroxylamine groups is 1. The molecule has 0 saturated carbocycles. The molecule has 0 saturated heterocycles. The zero-order valence-electron chi connectivity index (χ0n) is 10.5. The lowest BCUT2D eigenvalue weighted by Crippen LogP contribution is -2.32. The Bertz CT molecular complexity index is 446. The molecule has 0 aliphatic heterocycles. The third-order valence-electron chi connectivity index (χ3n) is 2.11. The maximum atomic E-state index is 11.7. The molecule has 4 nitrogen and oxygen atoms in total. The van der Waals surface area contributed by atoms with Gasteiger partial charge in [-0.1, -0.05) is 17.7 Å². The summed E-state index contributed by atoms with van der Waals surface area (Å²) in [6, 6.07) is 5.36. The van der Waals surface area contributed by atoms with Gasteiger partial charge < -0.3 is 4.74 Å². The third kappa shape index (κ3) is 6.10. The van der Waals surface area contributed by atoms with Crippen LogP contribution in [0.25, 0.3) is 0 Å². The molecule has 19 heavy (non-hydrogen) atoms. The molecule has 0 fully saturated rings. The molecule has 0 aliphatic rings. The van der Waals surface area contributed by atoms with Crippen molar-refractivity contribution in [1.29, 1.82) is 0 Å². The average Bonchev–Trinajstić information content (AvgIpc) is 2.26. The highest BCUT2D eigenvalue weighted by molar-refractivity contribution is 5.76. The molecule has 1 aromatic rings. The standard InChI is InChI=1S/C12H14F3NO3/c1-8-3-4-10(9(2)5-8)18-6-11(17)16-19-7-12(13,14)15/h3-5H,6-7H2,1-2H3,(H,16,17). The van der Waals surface area contributed by atoms with Gasteiger partial charge in [0.25, 0.3) is 5.91 Å². The van der Waals surface area contributed by atoms with E-state index in [1.165, 1.54) is 0 Å². The third-order valence-corrected chi connectivity index (χ3v) is 2.11. The van der Waals surface area contributed by atoms with Gasteiger partial charge in [-0.15, -0.1) is 0 Å². The Balaban J connectivity index is 2.34. The van der Waals surface area contributed by atoms with Gasteiger partial charge >= 0.3 is 6.18 Å². The van der Waals surface area contributed by atoms with Crippen LogP contribution in [0.1, 0.15) is 11.1 Å². The number of alkyl halides is 3. The number of halogens is 3. The van der Waals surface area contributed by atoms with Gasteiger partial charge in [-0.05, 0) is 25.5 Å². The number of carbonyl (C=O) groups is 1. The SMILES string of the molecule is Cc1ccc(OCC(=O)NOCC(F)(F)F)c(C)c1. The summed E-state index contributed by atoms with van der Waals surface area (Å²) in [5.41, 5.74) is 3.54. The van der Waals surface area contributed by atoms with Gasteiger partial charge in [-0.25, -0.2) is 5.48 Å². The summed E-state index contributed by atoms with van der Waals surface area (Å²) in [6.07, 6.45) is -4.48. The van der Waals surface area contributed by atoms with E-state index in [1.807, 2.05) is 13.0 Å². The fourth-order valence-electron chi connectivity index (χ4n) is 1.33. The summed E-state index contributed by atoms with van der Waals surface area (Å²) in [6.45, 7) is 1.76.